The van der Waals surface area contributed by atoms with Gasteiger partial charge in [0.05, 0.1) is 10.2 Å². The molecule has 0 saturated heterocycles. The SMILES string of the molecule is CCCNc1nc(CC(C)C)nc(CCC)c1Br. The zero-order valence-corrected chi connectivity index (χ0v) is 13.5. The number of hydrogen-bond donors (Lipinski definition) is 1. The highest BCUT2D eigenvalue weighted by Crippen LogP contribution is 2.25. The molecule has 1 aromatic heterocycles. The van der Waals surface area contributed by atoms with Crippen LogP contribution in [-0.4, -0.2) is 16.5 Å². The lowest BCUT2D eigenvalue weighted by molar-refractivity contribution is 0.616. The van der Waals surface area contributed by atoms with Crippen LogP contribution in [0.15, 0.2) is 4.47 Å². The van der Waals surface area contributed by atoms with Crippen molar-refractivity contribution in [3.8, 4) is 0 Å². The Kier molecular flexibility index (Phi) is 6.61. The number of rotatable bonds is 7. The summed E-state index contributed by atoms with van der Waals surface area (Å²) in [6.07, 6.45) is 4.13. The van der Waals surface area contributed by atoms with E-state index in [0.29, 0.717) is 5.92 Å². The van der Waals surface area contributed by atoms with E-state index in [0.717, 1.165) is 54.0 Å². The number of aromatic nitrogens is 2. The van der Waals surface area contributed by atoms with E-state index in [2.05, 4.69) is 58.9 Å². The molecule has 0 aliphatic carbocycles. The van der Waals surface area contributed by atoms with E-state index in [1.54, 1.807) is 0 Å². The van der Waals surface area contributed by atoms with Crippen molar-refractivity contribution in [3.05, 3.63) is 16.0 Å². The number of nitrogens with one attached hydrogen (secondary N) is 1. The molecule has 1 rings (SSSR count). The Labute approximate surface area is 119 Å². The van der Waals surface area contributed by atoms with Gasteiger partial charge in [0, 0.05) is 13.0 Å². The molecular weight excluding hydrogens is 290 g/mol. The minimum absolute atomic E-state index is 0.583. The summed E-state index contributed by atoms with van der Waals surface area (Å²) in [7, 11) is 0. The fourth-order valence-corrected chi connectivity index (χ4v) is 2.28. The van der Waals surface area contributed by atoms with E-state index in [4.69, 9.17) is 0 Å². The van der Waals surface area contributed by atoms with Crippen LogP contribution in [-0.2, 0) is 12.8 Å². The van der Waals surface area contributed by atoms with Crippen LogP contribution in [0.5, 0.6) is 0 Å². The maximum atomic E-state index is 4.67. The molecule has 0 spiro atoms. The maximum absolute atomic E-state index is 4.67. The van der Waals surface area contributed by atoms with Gasteiger partial charge in [0.15, 0.2) is 0 Å². The molecule has 0 saturated carbocycles. The number of aryl methyl sites for hydroxylation is 1. The monoisotopic (exact) mass is 313 g/mol. The van der Waals surface area contributed by atoms with Crippen LogP contribution in [0.2, 0.25) is 0 Å². The van der Waals surface area contributed by atoms with Gasteiger partial charge in [-0.3, -0.25) is 0 Å². The largest absolute Gasteiger partial charge is 0.369 e. The molecule has 0 aromatic carbocycles. The lowest BCUT2D eigenvalue weighted by Gasteiger charge is -2.13. The first-order valence-corrected chi connectivity index (χ1v) is 7.66. The Bertz CT molecular complexity index is 378. The van der Waals surface area contributed by atoms with Crippen molar-refractivity contribution < 1.29 is 0 Å². The van der Waals surface area contributed by atoms with Crippen LogP contribution in [0.3, 0.4) is 0 Å². The van der Waals surface area contributed by atoms with Crippen LogP contribution in [0, 0.1) is 5.92 Å². The molecule has 18 heavy (non-hydrogen) atoms. The predicted octanol–water partition coefficient (Wildman–Crippen LogP) is 4.21. The Morgan fingerprint density at radius 2 is 1.89 bits per heavy atom. The topological polar surface area (TPSA) is 37.8 Å². The Balaban J connectivity index is 3.01. The van der Waals surface area contributed by atoms with Gasteiger partial charge >= 0.3 is 0 Å². The minimum Gasteiger partial charge on any atom is -0.369 e. The first-order valence-electron chi connectivity index (χ1n) is 6.87. The fourth-order valence-electron chi connectivity index (χ4n) is 1.76. The van der Waals surface area contributed by atoms with E-state index in [-0.39, 0.29) is 0 Å². The molecule has 4 heteroatoms. The van der Waals surface area contributed by atoms with Gasteiger partial charge in [-0.05, 0) is 34.7 Å². The Morgan fingerprint density at radius 3 is 2.44 bits per heavy atom. The van der Waals surface area contributed by atoms with Gasteiger partial charge in [-0.25, -0.2) is 9.97 Å². The summed E-state index contributed by atoms with van der Waals surface area (Å²) in [6, 6.07) is 0. The molecule has 0 atom stereocenters. The van der Waals surface area contributed by atoms with Gasteiger partial charge in [-0.15, -0.1) is 0 Å². The lowest BCUT2D eigenvalue weighted by Crippen LogP contribution is -2.10. The minimum atomic E-state index is 0.583. The van der Waals surface area contributed by atoms with E-state index < -0.39 is 0 Å². The summed E-state index contributed by atoms with van der Waals surface area (Å²) >= 11 is 3.63. The Hall–Kier alpha value is -0.640. The van der Waals surface area contributed by atoms with Crippen molar-refractivity contribution in [2.24, 2.45) is 5.92 Å². The highest BCUT2D eigenvalue weighted by molar-refractivity contribution is 9.10. The van der Waals surface area contributed by atoms with Gasteiger partial charge in [-0.1, -0.05) is 34.1 Å². The smallest absolute Gasteiger partial charge is 0.144 e. The average molecular weight is 314 g/mol. The third-order valence-corrected chi connectivity index (χ3v) is 3.42. The normalized spacial score (nSPS) is 11.0. The van der Waals surface area contributed by atoms with Crippen molar-refractivity contribution in [2.45, 2.75) is 53.4 Å². The molecule has 0 aliphatic rings. The third-order valence-electron chi connectivity index (χ3n) is 2.59. The number of halogens is 1. The second-order valence-electron chi connectivity index (χ2n) is 5.02. The molecule has 102 valence electrons. The van der Waals surface area contributed by atoms with Crippen LogP contribution >= 0.6 is 15.9 Å². The first kappa shape index (κ1) is 15.4. The molecule has 0 amide bonds. The van der Waals surface area contributed by atoms with Crippen LogP contribution in [0.25, 0.3) is 0 Å². The molecule has 1 aromatic rings. The van der Waals surface area contributed by atoms with Crippen molar-refractivity contribution in [1.82, 2.24) is 9.97 Å². The summed E-state index contributed by atoms with van der Waals surface area (Å²) < 4.78 is 1.03. The van der Waals surface area contributed by atoms with Gasteiger partial charge in [0.1, 0.15) is 11.6 Å². The summed E-state index contributed by atoms with van der Waals surface area (Å²) in [4.78, 5) is 9.30. The summed E-state index contributed by atoms with van der Waals surface area (Å²) in [5.74, 6) is 2.49. The van der Waals surface area contributed by atoms with Crippen molar-refractivity contribution in [3.63, 3.8) is 0 Å². The molecular formula is C14H24BrN3. The van der Waals surface area contributed by atoms with Crippen molar-refractivity contribution in [2.75, 3.05) is 11.9 Å². The van der Waals surface area contributed by atoms with E-state index in [1.165, 1.54) is 0 Å². The molecule has 3 nitrogen and oxygen atoms in total. The fraction of sp³-hybridized carbons (Fsp3) is 0.714. The van der Waals surface area contributed by atoms with Gasteiger partial charge in [0.2, 0.25) is 0 Å². The molecule has 0 aliphatic heterocycles. The van der Waals surface area contributed by atoms with Crippen molar-refractivity contribution in [1.29, 1.82) is 0 Å². The van der Waals surface area contributed by atoms with Crippen LogP contribution < -0.4 is 5.32 Å². The van der Waals surface area contributed by atoms with Crippen LogP contribution in [0.4, 0.5) is 5.82 Å². The van der Waals surface area contributed by atoms with Gasteiger partial charge in [0.25, 0.3) is 0 Å². The third kappa shape index (κ3) is 4.56. The van der Waals surface area contributed by atoms with Crippen LogP contribution in [0.1, 0.15) is 52.1 Å². The maximum Gasteiger partial charge on any atom is 0.144 e. The second-order valence-corrected chi connectivity index (χ2v) is 5.82. The second kappa shape index (κ2) is 7.72. The lowest BCUT2D eigenvalue weighted by atomic mass is 10.1. The molecule has 1 heterocycles. The first-order chi connectivity index (χ1) is 8.58. The number of nitrogens with zero attached hydrogens (tertiary/aromatic N) is 2. The van der Waals surface area contributed by atoms with E-state index in [9.17, 15) is 0 Å². The summed E-state index contributed by atoms with van der Waals surface area (Å²) in [6.45, 7) is 9.68. The van der Waals surface area contributed by atoms with E-state index in [1.807, 2.05) is 0 Å². The molecule has 0 radical (unpaired) electrons. The zero-order chi connectivity index (χ0) is 13.5. The van der Waals surface area contributed by atoms with E-state index >= 15 is 0 Å². The summed E-state index contributed by atoms with van der Waals surface area (Å²) in [5.41, 5.74) is 1.13. The molecule has 0 bridgehead atoms. The molecule has 0 fully saturated rings. The highest BCUT2D eigenvalue weighted by atomic mass is 79.9. The van der Waals surface area contributed by atoms with Gasteiger partial charge < -0.3 is 5.32 Å². The zero-order valence-electron chi connectivity index (χ0n) is 11.9. The molecule has 0 unspecified atom stereocenters. The number of anilines is 1. The van der Waals surface area contributed by atoms with Crippen molar-refractivity contribution >= 4 is 21.7 Å². The quantitative estimate of drug-likeness (QED) is 0.819. The highest BCUT2D eigenvalue weighted by Gasteiger charge is 2.12. The summed E-state index contributed by atoms with van der Waals surface area (Å²) in [5, 5.41) is 3.38. The molecule has 1 N–H and O–H groups in total. The van der Waals surface area contributed by atoms with Gasteiger partial charge in [-0.2, -0.15) is 0 Å². The average Bonchev–Trinajstić information content (AvgIpc) is 2.31. The Morgan fingerprint density at radius 1 is 1.17 bits per heavy atom. The predicted molar refractivity (Wildman–Crippen MR) is 81.0 cm³/mol. The standard InChI is InChI=1S/C14H24BrN3/c1-5-7-11-13(15)14(16-8-6-2)18-12(17-11)9-10(3)4/h10H,5-9H2,1-4H3,(H,16,17,18). The number of hydrogen-bond acceptors (Lipinski definition) is 3.